The molecule has 0 bridgehead atoms. The molecule has 2 saturated heterocycles. The lowest BCUT2D eigenvalue weighted by molar-refractivity contribution is -0.119. The van der Waals surface area contributed by atoms with Crippen molar-refractivity contribution >= 4 is 34.1 Å². The molecule has 0 N–H and O–H groups in total. The molecule has 2 fully saturated rings. The third-order valence-electron chi connectivity index (χ3n) is 5.99. The SMILES string of the molecule is CC(=O)C(I)N1CCC(CCN2CCN(c3ccccc3C)CC2)CC1. The molecule has 5 heteroatoms. The predicted octanol–water partition coefficient (Wildman–Crippen LogP) is 3.57. The molecule has 1 unspecified atom stereocenters. The highest BCUT2D eigenvalue weighted by molar-refractivity contribution is 14.1. The first kappa shape index (κ1) is 20.1. The van der Waals surface area contributed by atoms with Crippen molar-refractivity contribution in [3.05, 3.63) is 29.8 Å². The van der Waals surface area contributed by atoms with E-state index in [1.165, 1.54) is 50.1 Å². The smallest absolute Gasteiger partial charge is 0.156 e. The predicted molar refractivity (Wildman–Crippen MR) is 117 cm³/mol. The number of piperazine rings is 1. The van der Waals surface area contributed by atoms with Crippen LogP contribution in [-0.4, -0.2) is 65.4 Å². The van der Waals surface area contributed by atoms with Gasteiger partial charge in [-0.15, -0.1) is 0 Å². The number of piperidine rings is 1. The van der Waals surface area contributed by atoms with Gasteiger partial charge in [0.05, 0.1) is 0 Å². The van der Waals surface area contributed by atoms with Gasteiger partial charge in [0.15, 0.2) is 5.78 Å². The molecule has 0 aromatic heterocycles. The van der Waals surface area contributed by atoms with Crippen LogP contribution in [0.1, 0.15) is 31.7 Å². The van der Waals surface area contributed by atoms with Crippen molar-refractivity contribution in [2.45, 2.75) is 37.2 Å². The van der Waals surface area contributed by atoms with E-state index in [0.29, 0.717) is 0 Å². The van der Waals surface area contributed by atoms with Crippen molar-refractivity contribution in [1.82, 2.24) is 9.80 Å². The number of Topliss-reactive ketones (excluding diaryl/α,β-unsaturated/α-hetero) is 1. The topological polar surface area (TPSA) is 26.8 Å². The average Bonchev–Trinajstić information content (AvgIpc) is 2.67. The van der Waals surface area contributed by atoms with E-state index in [1.807, 2.05) is 0 Å². The second-order valence-electron chi connectivity index (χ2n) is 7.83. The summed E-state index contributed by atoms with van der Waals surface area (Å²) in [6, 6.07) is 8.73. The first-order valence-corrected chi connectivity index (χ1v) is 11.2. The van der Waals surface area contributed by atoms with Crippen molar-refractivity contribution in [3.63, 3.8) is 0 Å². The molecule has 0 aliphatic carbocycles. The Hall–Kier alpha value is -0.660. The van der Waals surface area contributed by atoms with Crippen LogP contribution in [-0.2, 0) is 4.79 Å². The molecule has 0 radical (unpaired) electrons. The number of likely N-dealkylation sites (tertiary alicyclic amines) is 1. The minimum Gasteiger partial charge on any atom is -0.369 e. The maximum absolute atomic E-state index is 11.5. The molecule has 2 aliphatic heterocycles. The first-order chi connectivity index (χ1) is 12.5. The van der Waals surface area contributed by atoms with E-state index in [-0.39, 0.29) is 9.83 Å². The lowest BCUT2D eigenvalue weighted by Gasteiger charge is -2.38. The first-order valence-electron chi connectivity index (χ1n) is 9.96. The summed E-state index contributed by atoms with van der Waals surface area (Å²) in [5.74, 6) is 1.12. The highest BCUT2D eigenvalue weighted by Gasteiger charge is 2.26. The number of hydrogen-bond acceptors (Lipinski definition) is 4. The molecular weight excluding hydrogens is 437 g/mol. The van der Waals surface area contributed by atoms with Crippen molar-refractivity contribution in [3.8, 4) is 0 Å². The lowest BCUT2D eigenvalue weighted by atomic mass is 9.93. The van der Waals surface area contributed by atoms with E-state index in [9.17, 15) is 4.79 Å². The van der Waals surface area contributed by atoms with E-state index in [2.05, 4.69) is 68.5 Å². The molecule has 1 aromatic carbocycles. The van der Waals surface area contributed by atoms with Crippen LogP contribution in [0.3, 0.4) is 0 Å². The van der Waals surface area contributed by atoms with Gasteiger partial charge >= 0.3 is 0 Å². The third-order valence-corrected chi connectivity index (χ3v) is 7.65. The molecule has 4 nitrogen and oxygen atoms in total. The number of aryl methyl sites for hydroxylation is 1. The Bertz CT molecular complexity index is 593. The Balaban J connectivity index is 1.37. The molecule has 26 heavy (non-hydrogen) atoms. The van der Waals surface area contributed by atoms with Crippen molar-refractivity contribution in [1.29, 1.82) is 0 Å². The minimum absolute atomic E-state index is 0.0723. The van der Waals surface area contributed by atoms with Gasteiger partial charge in [0.1, 0.15) is 4.05 Å². The van der Waals surface area contributed by atoms with Crippen LogP contribution in [0.25, 0.3) is 0 Å². The van der Waals surface area contributed by atoms with Crippen LogP contribution in [0.15, 0.2) is 24.3 Å². The standard InChI is InChI=1S/C21H32IN3O/c1-17-5-3-4-6-20(17)24-15-13-23(14-16-24)10-7-19-8-11-25(12-9-19)21(22)18(2)26/h3-6,19,21H,7-16H2,1-2H3. The third kappa shape index (κ3) is 5.20. The molecule has 2 aliphatic rings. The second-order valence-corrected chi connectivity index (χ2v) is 9.01. The molecule has 0 amide bonds. The number of para-hydroxylation sites is 1. The number of benzene rings is 1. The number of rotatable bonds is 6. The van der Waals surface area contributed by atoms with E-state index in [4.69, 9.17) is 0 Å². The summed E-state index contributed by atoms with van der Waals surface area (Å²) in [6.45, 7) is 11.9. The molecular formula is C21H32IN3O. The van der Waals surface area contributed by atoms with E-state index >= 15 is 0 Å². The summed E-state index contributed by atoms with van der Waals surface area (Å²) in [7, 11) is 0. The van der Waals surface area contributed by atoms with Gasteiger partial charge in [-0.2, -0.15) is 0 Å². The normalized spacial score (nSPS) is 21.7. The minimum atomic E-state index is 0.0723. The van der Waals surface area contributed by atoms with Crippen molar-refractivity contribution in [2.24, 2.45) is 5.92 Å². The molecule has 3 rings (SSSR count). The van der Waals surface area contributed by atoms with Crippen molar-refractivity contribution < 1.29 is 4.79 Å². The summed E-state index contributed by atoms with van der Waals surface area (Å²) >= 11 is 2.29. The largest absolute Gasteiger partial charge is 0.369 e. The maximum atomic E-state index is 11.5. The zero-order valence-corrected chi connectivity index (χ0v) is 18.3. The average molecular weight is 469 g/mol. The van der Waals surface area contributed by atoms with Gasteiger partial charge < -0.3 is 4.90 Å². The van der Waals surface area contributed by atoms with E-state index < -0.39 is 0 Å². The molecule has 1 atom stereocenters. The summed E-state index contributed by atoms with van der Waals surface area (Å²) in [5, 5.41) is 0. The Morgan fingerprint density at radius 2 is 1.77 bits per heavy atom. The lowest BCUT2D eigenvalue weighted by Crippen LogP contribution is -2.47. The highest BCUT2D eigenvalue weighted by atomic mass is 127. The number of carbonyl (C=O) groups excluding carboxylic acids is 1. The Labute approximate surface area is 172 Å². The van der Waals surface area contributed by atoms with Crippen LogP contribution >= 0.6 is 22.6 Å². The fourth-order valence-corrected chi connectivity index (χ4v) is 4.78. The summed E-state index contributed by atoms with van der Waals surface area (Å²) in [6.07, 6.45) is 3.80. The number of alkyl halides is 1. The quantitative estimate of drug-likeness (QED) is 0.362. The van der Waals surface area contributed by atoms with E-state index in [1.54, 1.807) is 6.92 Å². The van der Waals surface area contributed by atoms with Crippen LogP contribution < -0.4 is 4.90 Å². The van der Waals surface area contributed by atoms with Gasteiger partial charge in [-0.25, -0.2) is 0 Å². The fourth-order valence-electron chi connectivity index (χ4n) is 4.22. The highest BCUT2D eigenvalue weighted by Crippen LogP contribution is 2.25. The molecule has 144 valence electrons. The maximum Gasteiger partial charge on any atom is 0.156 e. The molecule has 2 heterocycles. The summed E-state index contributed by atoms with van der Waals surface area (Å²) < 4.78 is 0.0723. The zero-order chi connectivity index (χ0) is 18.5. The molecule has 1 aromatic rings. The van der Waals surface area contributed by atoms with Gasteiger partial charge in [-0.1, -0.05) is 40.8 Å². The van der Waals surface area contributed by atoms with Crippen molar-refractivity contribution in [2.75, 3.05) is 50.7 Å². The fraction of sp³-hybridized carbons (Fsp3) is 0.667. The molecule has 0 saturated carbocycles. The number of nitrogens with zero attached hydrogens (tertiary/aromatic N) is 3. The number of hydrogen-bond donors (Lipinski definition) is 0. The van der Waals surface area contributed by atoms with E-state index in [0.717, 1.165) is 32.1 Å². The van der Waals surface area contributed by atoms with Gasteiger partial charge in [0.2, 0.25) is 0 Å². The summed E-state index contributed by atoms with van der Waals surface area (Å²) in [4.78, 5) is 19.1. The van der Waals surface area contributed by atoms with Crippen LogP contribution in [0.2, 0.25) is 0 Å². The van der Waals surface area contributed by atoms with Gasteiger partial charge in [0, 0.05) is 31.9 Å². The van der Waals surface area contributed by atoms with Crippen LogP contribution in [0, 0.1) is 12.8 Å². The number of ketones is 1. The number of anilines is 1. The molecule has 0 spiro atoms. The van der Waals surface area contributed by atoms with Gasteiger partial charge in [-0.3, -0.25) is 14.6 Å². The monoisotopic (exact) mass is 469 g/mol. The summed E-state index contributed by atoms with van der Waals surface area (Å²) in [5.41, 5.74) is 2.78. The Morgan fingerprint density at radius 1 is 1.12 bits per heavy atom. The number of carbonyl (C=O) groups is 1. The van der Waals surface area contributed by atoms with Gasteiger partial charge in [0.25, 0.3) is 0 Å². The zero-order valence-electron chi connectivity index (χ0n) is 16.2. The van der Waals surface area contributed by atoms with Crippen LogP contribution in [0.5, 0.6) is 0 Å². The number of halogens is 1. The Kier molecular flexibility index (Phi) is 7.35. The van der Waals surface area contributed by atoms with Crippen LogP contribution in [0.4, 0.5) is 5.69 Å². The van der Waals surface area contributed by atoms with Gasteiger partial charge in [-0.05, 0) is 70.3 Å². The second kappa shape index (κ2) is 9.51. The Morgan fingerprint density at radius 3 is 2.38 bits per heavy atom.